The predicted molar refractivity (Wildman–Crippen MR) is 190 cm³/mol. The number of aryl methyl sites for hydroxylation is 2. The summed E-state index contributed by atoms with van der Waals surface area (Å²) < 4.78 is 0. The van der Waals surface area contributed by atoms with Crippen LogP contribution in [0.15, 0.2) is 146 Å². The molecule has 0 bridgehead atoms. The minimum absolute atomic E-state index is 0.815. The van der Waals surface area contributed by atoms with Gasteiger partial charge in [-0.05, 0) is 92.9 Å². The summed E-state index contributed by atoms with van der Waals surface area (Å²) in [4.78, 5) is 0. The van der Waals surface area contributed by atoms with E-state index in [1.54, 1.807) is 0 Å². The molecule has 0 aliphatic carbocycles. The highest BCUT2D eigenvalue weighted by molar-refractivity contribution is 7.80. The molecule has 1 unspecified atom stereocenters. The van der Waals surface area contributed by atoms with Crippen molar-refractivity contribution in [2.75, 3.05) is 0 Å². The van der Waals surface area contributed by atoms with E-state index in [0.29, 0.717) is 0 Å². The Kier molecular flexibility index (Phi) is 7.21. The normalized spacial score (nSPS) is 11.4. The molecule has 0 aliphatic rings. The van der Waals surface area contributed by atoms with Crippen LogP contribution < -0.4 is 21.2 Å². The van der Waals surface area contributed by atoms with Crippen LogP contribution in [0.4, 0.5) is 0 Å². The SMILES string of the molecule is Cc1cc(C)cc(-c2cc3ccccc3c(-c3c(P(c4ccccc4)c4ccccc4)ccc4ccccc34)c2P)c1. The van der Waals surface area contributed by atoms with Gasteiger partial charge >= 0.3 is 0 Å². The number of benzene rings is 7. The molecule has 1 atom stereocenters. The van der Waals surface area contributed by atoms with E-state index in [1.807, 2.05) is 0 Å². The van der Waals surface area contributed by atoms with E-state index in [1.165, 1.54) is 76.1 Å². The first-order valence-corrected chi connectivity index (χ1v) is 16.3. The third-order valence-corrected chi connectivity index (χ3v) is 11.1. The summed E-state index contributed by atoms with van der Waals surface area (Å²) in [6, 6.07) is 53.8. The van der Waals surface area contributed by atoms with Crippen LogP contribution in [-0.2, 0) is 0 Å². The Bertz CT molecular complexity index is 2000. The quantitative estimate of drug-likeness (QED) is 0.180. The summed E-state index contributed by atoms with van der Waals surface area (Å²) in [7, 11) is 2.35. The van der Waals surface area contributed by atoms with E-state index in [0.717, 1.165) is 0 Å². The van der Waals surface area contributed by atoms with Gasteiger partial charge in [0.15, 0.2) is 0 Å². The lowest BCUT2D eigenvalue weighted by molar-refractivity contribution is 1.39. The maximum atomic E-state index is 3.17. The number of hydrogen-bond donors (Lipinski definition) is 0. The second kappa shape index (κ2) is 11.3. The summed E-state index contributed by atoms with van der Waals surface area (Å²) in [6.45, 7) is 4.38. The van der Waals surface area contributed by atoms with Gasteiger partial charge in [-0.1, -0.05) is 151 Å². The first-order chi connectivity index (χ1) is 20.6. The molecule has 0 aliphatic heterocycles. The van der Waals surface area contributed by atoms with Crippen molar-refractivity contribution in [2.24, 2.45) is 0 Å². The highest BCUT2D eigenvalue weighted by Gasteiger charge is 2.25. The Hall–Kier alpha value is -4.08. The molecular formula is C40H32P2. The van der Waals surface area contributed by atoms with Gasteiger partial charge in [-0.25, -0.2) is 0 Å². The average molecular weight is 575 g/mol. The van der Waals surface area contributed by atoms with Crippen molar-refractivity contribution >= 4 is 59.9 Å². The Labute approximate surface area is 252 Å². The highest BCUT2D eigenvalue weighted by Crippen LogP contribution is 2.43. The van der Waals surface area contributed by atoms with Gasteiger partial charge < -0.3 is 0 Å². The van der Waals surface area contributed by atoms with Crippen LogP contribution in [0.5, 0.6) is 0 Å². The summed E-state index contributed by atoms with van der Waals surface area (Å²) >= 11 is 0. The lowest BCUT2D eigenvalue weighted by Crippen LogP contribution is -2.23. The van der Waals surface area contributed by atoms with Crippen LogP contribution in [0.1, 0.15) is 11.1 Å². The van der Waals surface area contributed by atoms with Crippen molar-refractivity contribution in [3.8, 4) is 22.3 Å². The first kappa shape index (κ1) is 26.8. The van der Waals surface area contributed by atoms with Gasteiger partial charge in [0.2, 0.25) is 0 Å². The van der Waals surface area contributed by atoms with Crippen molar-refractivity contribution in [2.45, 2.75) is 13.8 Å². The molecule has 42 heavy (non-hydrogen) atoms. The molecule has 0 spiro atoms. The van der Waals surface area contributed by atoms with Crippen LogP contribution in [-0.4, -0.2) is 0 Å². The zero-order valence-electron chi connectivity index (χ0n) is 23.9. The Morgan fingerprint density at radius 3 is 1.62 bits per heavy atom. The molecule has 7 aromatic carbocycles. The molecule has 0 heterocycles. The molecule has 0 aromatic heterocycles. The molecule has 0 fully saturated rings. The number of rotatable bonds is 5. The fraction of sp³-hybridized carbons (Fsp3) is 0.0500. The Balaban J connectivity index is 1.63. The van der Waals surface area contributed by atoms with Crippen molar-refractivity contribution < 1.29 is 0 Å². The standard InChI is InChI=1S/C40H32P2/c1-27-23-28(2)25-31(24-27)36-26-30-14-10-12-20-35(30)39(40(36)41)38-34-19-11-9-13-29(34)21-22-37(38)42(32-15-5-3-6-16-32)33-17-7-4-8-18-33/h3-26H,41H2,1-2H3. The smallest absolute Gasteiger partial charge is 0.000904 e. The summed E-state index contributed by atoms with van der Waals surface area (Å²) in [5, 5.41) is 10.4. The Morgan fingerprint density at radius 1 is 0.476 bits per heavy atom. The summed E-state index contributed by atoms with van der Waals surface area (Å²) in [5.74, 6) is 0. The summed E-state index contributed by atoms with van der Waals surface area (Å²) in [5.41, 5.74) is 7.74. The van der Waals surface area contributed by atoms with Gasteiger partial charge in [0.1, 0.15) is 0 Å². The van der Waals surface area contributed by atoms with Gasteiger partial charge in [-0.2, -0.15) is 0 Å². The van der Waals surface area contributed by atoms with Gasteiger partial charge in [-0.3, -0.25) is 0 Å². The minimum Gasteiger partial charge on any atom is -0.104 e. The number of fused-ring (bicyclic) bond motifs is 2. The molecule has 0 radical (unpaired) electrons. The second-order valence-electron chi connectivity index (χ2n) is 11.0. The molecule has 0 saturated heterocycles. The largest absolute Gasteiger partial charge is 0.104 e. The van der Waals surface area contributed by atoms with Crippen molar-refractivity contribution in [1.82, 2.24) is 0 Å². The highest BCUT2D eigenvalue weighted by atomic mass is 31.1. The fourth-order valence-electron chi connectivity index (χ4n) is 6.29. The minimum atomic E-state index is -0.815. The first-order valence-electron chi connectivity index (χ1n) is 14.4. The second-order valence-corrected chi connectivity index (χ2v) is 13.8. The molecule has 0 N–H and O–H groups in total. The zero-order valence-corrected chi connectivity index (χ0v) is 25.9. The molecule has 0 nitrogen and oxygen atoms in total. The lowest BCUT2D eigenvalue weighted by atomic mass is 9.89. The van der Waals surface area contributed by atoms with Gasteiger partial charge in [-0.15, -0.1) is 9.24 Å². The third-order valence-electron chi connectivity index (χ3n) is 8.05. The molecule has 2 heteroatoms. The van der Waals surface area contributed by atoms with Gasteiger partial charge in [0.25, 0.3) is 0 Å². The topological polar surface area (TPSA) is 0 Å². The molecule has 0 saturated carbocycles. The van der Waals surface area contributed by atoms with E-state index in [9.17, 15) is 0 Å². The van der Waals surface area contributed by atoms with E-state index < -0.39 is 7.92 Å². The molecule has 0 amide bonds. The predicted octanol–water partition coefficient (Wildman–Crippen LogP) is 9.20. The fourth-order valence-corrected chi connectivity index (χ4v) is 9.32. The number of hydrogen-bond acceptors (Lipinski definition) is 0. The monoisotopic (exact) mass is 574 g/mol. The van der Waals surface area contributed by atoms with Crippen molar-refractivity contribution in [1.29, 1.82) is 0 Å². The average Bonchev–Trinajstić information content (AvgIpc) is 3.02. The molecule has 202 valence electrons. The van der Waals surface area contributed by atoms with Crippen LogP contribution in [0.25, 0.3) is 43.8 Å². The molecule has 7 rings (SSSR count). The van der Waals surface area contributed by atoms with E-state index in [-0.39, 0.29) is 0 Å². The Morgan fingerprint density at radius 2 is 1.00 bits per heavy atom. The zero-order chi connectivity index (χ0) is 28.6. The van der Waals surface area contributed by atoms with Crippen LogP contribution in [0, 0.1) is 13.8 Å². The van der Waals surface area contributed by atoms with Crippen LogP contribution in [0.3, 0.4) is 0 Å². The molecule has 7 aromatic rings. The van der Waals surface area contributed by atoms with E-state index in [4.69, 9.17) is 0 Å². The van der Waals surface area contributed by atoms with Crippen molar-refractivity contribution in [3.63, 3.8) is 0 Å². The summed E-state index contributed by atoms with van der Waals surface area (Å²) in [6.07, 6.45) is 0. The third kappa shape index (κ3) is 4.86. The van der Waals surface area contributed by atoms with E-state index >= 15 is 0 Å². The lowest BCUT2D eigenvalue weighted by Gasteiger charge is -2.26. The van der Waals surface area contributed by atoms with Crippen LogP contribution >= 0.6 is 17.2 Å². The maximum Gasteiger partial charge on any atom is -0.000904 e. The van der Waals surface area contributed by atoms with E-state index in [2.05, 4.69) is 169 Å². The van der Waals surface area contributed by atoms with Gasteiger partial charge in [0.05, 0.1) is 0 Å². The maximum absolute atomic E-state index is 3.17. The molecular weight excluding hydrogens is 542 g/mol. The van der Waals surface area contributed by atoms with Crippen LogP contribution in [0.2, 0.25) is 0 Å². The van der Waals surface area contributed by atoms with Gasteiger partial charge in [0, 0.05) is 0 Å². The van der Waals surface area contributed by atoms with Crippen molar-refractivity contribution in [3.05, 3.63) is 157 Å².